The van der Waals surface area contributed by atoms with Crippen LogP contribution < -0.4 is 19.3 Å². The first-order valence-corrected chi connectivity index (χ1v) is 23.0. The zero-order valence-corrected chi connectivity index (χ0v) is 36.6. The van der Waals surface area contributed by atoms with Crippen molar-refractivity contribution in [3.8, 4) is 57.4 Å². The van der Waals surface area contributed by atoms with Crippen molar-refractivity contribution in [3.63, 3.8) is 0 Å². The lowest BCUT2D eigenvalue weighted by Crippen LogP contribution is -2.24. The second-order valence-corrected chi connectivity index (χ2v) is 18.0. The maximum Gasteiger partial charge on any atom is 0.155 e. The third-order valence-corrected chi connectivity index (χ3v) is 14.3. The SMILES string of the molecule is N#Cc1c(C#N)c(N2c3ccc(-c4ccccc4)cc3Oc3cc4oc5ccccc5c4cc32)c2c(c1N1c3ccc(-c4ccccc4)cc3Oc3cc4oc5ccccc5c4cc31)C1CCC2O1. The highest BCUT2D eigenvalue weighted by Crippen LogP contribution is 2.65. The van der Waals surface area contributed by atoms with Crippen LogP contribution in [0.3, 0.4) is 0 Å². The number of ether oxygens (including phenoxy) is 3. The largest absolute Gasteiger partial charge is 0.456 e. The van der Waals surface area contributed by atoms with Gasteiger partial charge in [-0.05, 0) is 83.6 Å². The number of hydrogen-bond acceptors (Lipinski definition) is 9. The molecule has 1 fully saturated rings. The third kappa shape index (κ3) is 5.36. The predicted molar refractivity (Wildman–Crippen MR) is 267 cm³/mol. The molecule has 1 saturated heterocycles. The topological polar surface area (TPSA) is 108 Å². The second-order valence-electron chi connectivity index (χ2n) is 18.0. The lowest BCUT2D eigenvalue weighted by atomic mass is 9.83. The van der Waals surface area contributed by atoms with Crippen LogP contribution in [0.5, 0.6) is 23.0 Å². The van der Waals surface area contributed by atoms with Crippen LogP contribution in [0.4, 0.5) is 34.1 Å². The number of benzene rings is 9. The Balaban J connectivity index is 1.03. The van der Waals surface area contributed by atoms with Crippen molar-refractivity contribution in [2.75, 3.05) is 9.80 Å². The van der Waals surface area contributed by atoms with E-state index in [1.165, 1.54) is 0 Å². The van der Waals surface area contributed by atoms with Gasteiger partial charge >= 0.3 is 0 Å². The molecule has 0 aliphatic carbocycles. The highest BCUT2D eigenvalue weighted by molar-refractivity contribution is 6.11. The molecule has 15 rings (SSSR count). The van der Waals surface area contributed by atoms with E-state index in [0.29, 0.717) is 45.5 Å². The van der Waals surface area contributed by atoms with E-state index in [-0.39, 0.29) is 23.3 Å². The lowest BCUT2D eigenvalue weighted by Gasteiger charge is -2.39. The maximum absolute atomic E-state index is 11.8. The first kappa shape index (κ1) is 37.9. The Hall–Kier alpha value is -9.28. The van der Waals surface area contributed by atoms with Crippen LogP contribution in [0.2, 0.25) is 0 Å². The van der Waals surface area contributed by atoms with Gasteiger partial charge < -0.3 is 32.8 Å². The number of nitriles is 2. The van der Waals surface area contributed by atoms with Crippen molar-refractivity contribution in [2.24, 2.45) is 0 Å². The molecule has 2 atom stereocenters. The molecule has 0 amide bonds. The van der Waals surface area contributed by atoms with Crippen LogP contribution >= 0.6 is 0 Å². The molecule has 9 aromatic carbocycles. The molecule has 2 unspecified atom stereocenters. The standard InChI is InChI=1S/C60H34N4O5/c61-31-41-42(32-62)60(64-44-22-20-36(34-13-5-2-6-14-34)26-54(44)69-56-30-52-40(28-46(56)64)38-16-8-10-18-48(38)66-52)58-50-24-23-49(67-50)57(58)59(41)63-43-21-19-35(33-11-3-1-4-12-33)25-53(43)68-55-29-51-39(27-45(55)63)37-15-7-9-17-47(37)65-51/h1-22,25-30,49-50H,23-24H2. The van der Waals surface area contributed by atoms with Gasteiger partial charge in [-0.15, -0.1) is 0 Å². The van der Waals surface area contributed by atoms with Crippen LogP contribution in [0.25, 0.3) is 66.1 Å². The van der Waals surface area contributed by atoms with Crippen molar-refractivity contribution in [1.29, 1.82) is 10.5 Å². The van der Waals surface area contributed by atoms with E-state index in [1.54, 1.807) is 0 Å². The number of fused-ring (bicyclic) bond motifs is 15. The summed E-state index contributed by atoms with van der Waals surface area (Å²) in [5.74, 6) is 2.32. The van der Waals surface area contributed by atoms with Gasteiger partial charge in [0.25, 0.3) is 0 Å². The molecule has 0 spiro atoms. The fraction of sp³-hybridized carbons (Fsp3) is 0.0667. The Morgan fingerprint density at radius 1 is 0.391 bits per heavy atom. The molecular weight excluding hydrogens is 857 g/mol. The summed E-state index contributed by atoms with van der Waals surface area (Å²) in [5.41, 5.74) is 13.2. The molecule has 69 heavy (non-hydrogen) atoms. The average Bonchev–Trinajstić information content (AvgIpc) is 4.20. The number of rotatable bonds is 4. The van der Waals surface area contributed by atoms with Gasteiger partial charge in [0.15, 0.2) is 23.0 Å². The molecule has 9 heteroatoms. The van der Waals surface area contributed by atoms with Crippen molar-refractivity contribution in [3.05, 3.63) is 192 Å². The van der Waals surface area contributed by atoms with Gasteiger partial charge in [-0.25, -0.2) is 0 Å². The molecular formula is C60H34N4O5. The Bertz CT molecular complexity index is 3860. The molecule has 11 aromatic rings. The Morgan fingerprint density at radius 2 is 0.812 bits per heavy atom. The molecule has 0 N–H and O–H groups in total. The van der Waals surface area contributed by atoms with Gasteiger partial charge in [-0.2, -0.15) is 10.5 Å². The number of furan rings is 2. The summed E-state index contributed by atoms with van der Waals surface area (Å²) in [5, 5.41) is 27.3. The van der Waals surface area contributed by atoms with Gasteiger partial charge in [0.2, 0.25) is 0 Å². The minimum absolute atomic E-state index is 0.232. The summed E-state index contributed by atoms with van der Waals surface area (Å²) in [6, 6.07) is 62.0. The van der Waals surface area contributed by atoms with Crippen LogP contribution in [-0.4, -0.2) is 0 Å². The Labute approximate surface area is 394 Å². The van der Waals surface area contributed by atoms with Gasteiger partial charge in [-0.3, -0.25) is 0 Å². The summed E-state index contributed by atoms with van der Waals surface area (Å²) < 4.78 is 33.6. The Kier molecular flexibility index (Phi) is 7.75. The van der Waals surface area contributed by atoms with Gasteiger partial charge in [0, 0.05) is 44.8 Å². The van der Waals surface area contributed by atoms with Crippen molar-refractivity contribution in [2.45, 2.75) is 25.0 Å². The second kappa shape index (κ2) is 14.1. The smallest absolute Gasteiger partial charge is 0.155 e. The minimum atomic E-state index is -0.351. The predicted octanol–water partition coefficient (Wildman–Crippen LogP) is 16.6. The van der Waals surface area contributed by atoms with E-state index in [4.69, 9.17) is 23.0 Å². The van der Waals surface area contributed by atoms with E-state index in [2.05, 4.69) is 94.7 Å². The van der Waals surface area contributed by atoms with Gasteiger partial charge in [0.1, 0.15) is 34.5 Å². The van der Waals surface area contributed by atoms with E-state index in [1.807, 2.05) is 97.1 Å². The highest BCUT2D eigenvalue weighted by Gasteiger charge is 2.48. The maximum atomic E-state index is 11.8. The molecule has 2 bridgehead atoms. The number of para-hydroxylation sites is 2. The van der Waals surface area contributed by atoms with Gasteiger partial charge in [-0.1, -0.05) is 109 Å². The molecule has 0 radical (unpaired) electrons. The molecule has 4 aliphatic heterocycles. The summed E-state index contributed by atoms with van der Waals surface area (Å²) in [6.45, 7) is 0. The monoisotopic (exact) mass is 890 g/mol. The van der Waals surface area contributed by atoms with Crippen molar-refractivity contribution >= 4 is 78.0 Å². The van der Waals surface area contributed by atoms with Crippen LogP contribution in [0.1, 0.15) is 47.3 Å². The first-order valence-electron chi connectivity index (χ1n) is 23.0. The van der Waals surface area contributed by atoms with E-state index < -0.39 is 0 Å². The average molecular weight is 891 g/mol. The lowest BCUT2D eigenvalue weighted by molar-refractivity contribution is 0.0720. The molecule has 2 aromatic heterocycles. The fourth-order valence-corrected chi connectivity index (χ4v) is 11.3. The summed E-state index contributed by atoms with van der Waals surface area (Å²) in [7, 11) is 0. The van der Waals surface area contributed by atoms with E-state index >= 15 is 0 Å². The van der Waals surface area contributed by atoms with Crippen LogP contribution in [0, 0.1) is 22.7 Å². The first-order chi connectivity index (χ1) is 34.1. The highest BCUT2D eigenvalue weighted by atomic mass is 16.5. The van der Waals surface area contributed by atoms with Crippen molar-refractivity contribution < 1.29 is 23.0 Å². The van der Waals surface area contributed by atoms with E-state index in [9.17, 15) is 10.5 Å². The third-order valence-electron chi connectivity index (χ3n) is 14.3. The zero-order chi connectivity index (χ0) is 45.5. The normalized spacial score (nSPS) is 16.1. The molecule has 6 heterocycles. The molecule has 4 aliphatic rings. The van der Waals surface area contributed by atoms with Crippen LogP contribution in [-0.2, 0) is 4.74 Å². The quantitative estimate of drug-likeness (QED) is 0.171. The van der Waals surface area contributed by atoms with Crippen molar-refractivity contribution in [1.82, 2.24) is 0 Å². The molecule has 0 saturated carbocycles. The van der Waals surface area contributed by atoms with Crippen LogP contribution in [0.15, 0.2) is 179 Å². The number of nitrogens with zero attached hydrogens (tertiary/aromatic N) is 4. The Morgan fingerprint density at radius 3 is 1.26 bits per heavy atom. The van der Waals surface area contributed by atoms with E-state index in [0.717, 1.165) is 102 Å². The number of anilines is 6. The molecule has 324 valence electrons. The summed E-state index contributed by atoms with van der Waals surface area (Å²) in [4.78, 5) is 4.26. The summed E-state index contributed by atoms with van der Waals surface area (Å²) in [6.07, 6.45) is 0.802. The molecule has 9 nitrogen and oxygen atoms in total. The zero-order valence-electron chi connectivity index (χ0n) is 36.6. The number of hydrogen-bond donors (Lipinski definition) is 0. The summed E-state index contributed by atoms with van der Waals surface area (Å²) >= 11 is 0. The fourth-order valence-electron chi connectivity index (χ4n) is 11.3. The minimum Gasteiger partial charge on any atom is -0.456 e. The van der Waals surface area contributed by atoms with Gasteiger partial charge in [0.05, 0.1) is 57.5 Å².